The number of allylic oxidation sites excluding steroid dienone is 2. The first-order chi connectivity index (χ1) is 12.5. The Balaban J connectivity index is 1.48. The number of amides is 2. The Bertz CT molecular complexity index is 821. The minimum atomic E-state index is -0.443. The van der Waals surface area contributed by atoms with Gasteiger partial charge in [-0.15, -0.1) is 0 Å². The first kappa shape index (κ1) is 15.8. The summed E-state index contributed by atoms with van der Waals surface area (Å²) in [5, 5.41) is 0. The highest BCUT2D eigenvalue weighted by Gasteiger charge is 2.67. The van der Waals surface area contributed by atoms with E-state index in [0.717, 1.165) is 6.42 Å². The molecular weight excluding hydrogens is 330 g/mol. The van der Waals surface area contributed by atoms with E-state index >= 15 is 0 Å². The number of benzene rings is 1. The van der Waals surface area contributed by atoms with Gasteiger partial charge in [-0.25, -0.2) is 9.69 Å². The molecule has 2 bridgehead atoms. The molecule has 6 rings (SSSR count). The van der Waals surface area contributed by atoms with Crippen molar-refractivity contribution in [1.82, 2.24) is 0 Å². The molecule has 1 aromatic carbocycles. The van der Waals surface area contributed by atoms with Crippen molar-refractivity contribution in [3.8, 4) is 0 Å². The average Bonchev–Trinajstić information content (AvgIpc) is 3.39. The predicted molar refractivity (Wildman–Crippen MR) is 94.2 cm³/mol. The molecule has 2 saturated carbocycles. The lowest BCUT2D eigenvalue weighted by Gasteiger charge is -2.37. The second-order valence-electron chi connectivity index (χ2n) is 8.17. The van der Waals surface area contributed by atoms with Gasteiger partial charge in [0.15, 0.2) is 0 Å². The second-order valence-corrected chi connectivity index (χ2v) is 8.17. The van der Waals surface area contributed by atoms with Gasteiger partial charge in [0.1, 0.15) is 0 Å². The zero-order chi connectivity index (χ0) is 18.2. The van der Waals surface area contributed by atoms with Crippen LogP contribution in [0.15, 0.2) is 36.4 Å². The quantitative estimate of drug-likeness (QED) is 0.477. The van der Waals surface area contributed by atoms with Gasteiger partial charge in [0, 0.05) is 0 Å². The van der Waals surface area contributed by atoms with Crippen LogP contribution in [0.3, 0.4) is 0 Å². The maximum Gasteiger partial charge on any atom is 0.338 e. The molecule has 1 heterocycles. The van der Waals surface area contributed by atoms with Gasteiger partial charge in [-0.3, -0.25) is 9.59 Å². The highest BCUT2D eigenvalue weighted by Crippen LogP contribution is 2.65. The molecule has 0 aromatic heterocycles. The fraction of sp³-hybridized carbons (Fsp3) is 0.476. The lowest BCUT2D eigenvalue weighted by molar-refractivity contribution is -0.124. The number of carbonyl (C=O) groups is 3. The van der Waals surface area contributed by atoms with Gasteiger partial charge in [-0.05, 0) is 62.1 Å². The monoisotopic (exact) mass is 351 g/mol. The maximum absolute atomic E-state index is 13.1. The van der Waals surface area contributed by atoms with E-state index < -0.39 is 5.97 Å². The van der Waals surface area contributed by atoms with Crippen molar-refractivity contribution in [3.05, 3.63) is 42.0 Å². The molecule has 1 aliphatic heterocycles. The van der Waals surface area contributed by atoms with E-state index in [4.69, 9.17) is 4.74 Å². The van der Waals surface area contributed by atoms with Gasteiger partial charge in [-0.2, -0.15) is 0 Å². The fourth-order valence-electron chi connectivity index (χ4n) is 5.27. The maximum atomic E-state index is 13.1. The lowest BCUT2D eigenvalue weighted by Crippen LogP contribution is -2.40. The number of ether oxygens (including phenoxy) is 1. The SMILES string of the molecule is CC(C)OC(=O)c1cccc(N2C(=O)[C@@H]3[C@H]4C=C[C@@H]([C@@H]5C[C@H]45)[C@@H]3C2=O)c1. The highest BCUT2D eigenvalue weighted by molar-refractivity contribution is 6.22. The summed E-state index contributed by atoms with van der Waals surface area (Å²) in [6.45, 7) is 3.57. The number of nitrogens with zero attached hydrogens (tertiary/aromatic N) is 1. The van der Waals surface area contributed by atoms with Crippen LogP contribution in [0.1, 0.15) is 30.6 Å². The highest BCUT2D eigenvalue weighted by atomic mass is 16.5. The van der Waals surface area contributed by atoms with Crippen LogP contribution in [0.4, 0.5) is 5.69 Å². The Labute approximate surface area is 152 Å². The molecule has 0 radical (unpaired) electrons. The van der Waals surface area contributed by atoms with Crippen LogP contribution < -0.4 is 4.90 Å². The third-order valence-corrected chi connectivity index (χ3v) is 6.35. The molecule has 4 aliphatic carbocycles. The zero-order valence-corrected chi connectivity index (χ0v) is 14.8. The smallest absolute Gasteiger partial charge is 0.338 e. The number of rotatable bonds is 3. The van der Waals surface area contributed by atoms with E-state index in [2.05, 4.69) is 12.2 Å². The summed E-state index contributed by atoms with van der Waals surface area (Å²) < 4.78 is 5.23. The topological polar surface area (TPSA) is 63.7 Å². The van der Waals surface area contributed by atoms with E-state index in [1.165, 1.54) is 4.90 Å². The molecule has 3 fully saturated rings. The molecule has 5 heteroatoms. The van der Waals surface area contributed by atoms with Gasteiger partial charge in [0.25, 0.3) is 0 Å². The minimum absolute atomic E-state index is 0.112. The Morgan fingerprint density at radius 1 is 1.08 bits per heavy atom. The summed E-state index contributed by atoms with van der Waals surface area (Å²) in [4.78, 5) is 39.7. The average molecular weight is 351 g/mol. The van der Waals surface area contributed by atoms with E-state index in [1.54, 1.807) is 38.1 Å². The van der Waals surface area contributed by atoms with E-state index in [9.17, 15) is 14.4 Å². The normalized spacial score (nSPS) is 36.3. The van der Waals surface area contributed by atoms with E-state index in [-0.39, 0.29) is 41.6 Å². The predicted octanol–water partition coefficient (Wildman–Crippen LogP) is 2.81. The summed E-state index contributed by atoms with van der Waals surface area (Å²) in [6, 6.07) is 6.65. The first-order valence-corrected chi connectivity index (χ1v) is 9.34. The number of imide groups is 1. The molecule has 5 aliphatic rings. The Morgan fingerprint density at radius 3 is 2.27 bits per heavy atom. The van der Waals surface area contributed by atoms with Crippen molar-refractivity contribution in [2.45, 2.75) is 26.4 Å². The van der Waals surface area contributed by atoms with Crippen LogP contribution in [0.2, 0.25) is 0 Å². The third kappa shape index (κ3) is 2.06. The second kappa shape index (κ2) is 5.29. The molecule has 26 heavy (non-hydrogen) atoms. The third-order valence-electron chi connectivity index (χ3n) is 6.35. The number of esters is 1. The molecule has 1 aromatic rings. The van der Waals surface area contributed by atoms with E-state index in [1.807, 2.05) is 0 Å². The largest absolute Gasteiger partial charge is 0.459 e. The molecule has 6 atom stereocenters. The number of carbonyl (C=O) groups excluding carboxylic acids is 3. The lowest BCUT2D eigenvalue weighted by atomic mass is 9.63. The fourth-order valence-corrected chi connectivity index (χ4v) is 5.27. The van der Waals surface area contributed by atoms with Crippen LogP contribution in [0, 0.1) is 35.5 Å². The van der Waals surface area contributed by atoms with Crippen molar-refractivity contribution in [2.24, 2.45) is 35.5 Å². The summed E-state index contributed by atoms with van der Waals surface area (Å²) in [6.07, 6.45) is 5.24. The van der Waals surface area contributed by atoms with Crippen molar-refractivity contribution in [3.63, 3.8) is 0 Å². The van der Waals surface area contributed by atoms with Crippen LogP contribution in [-0.2, 0) is 14.3 Å². The van der Waals surface area contributed by atoms with Crippen LogP contribution in [0.5, 0.6) is 0 Å². The molecule has 134 valence electrons. The molecular formula is C21H21NO4. The summed E-state index contributed by atoms with van der Waals surface area (Å²) >= 11 is 0. The van der Waals surface area contributed by atoms with Crippen LogP contribution in [0.25, 0.3) is 0 Å². The number of hydrogen-bond acceptors (Lipinski definition) is 4. The first-order valence-electron chi connectivity index (χ1n) is 9.34. The Kier molecular flexibility index (Phi) is 3.21. The summed E-state index contributed by atoms with van der Waals surface area (Å²) in [7, 11) is 0. The molecule has 0 N–H and O–H groups in total. The van der Waals surface area contributed by atoms with Gasteiger partial charge in [0.2, 0.25) is 11.8 Å². The summed E-state index contributed by atoms with van der Waals surface area (Å²) in [5.74, 6) is 0.432. The molecule has 1 saturated heterocycles. The minimum Gasteiger partial charge on any atom is -0.459 e. The van der Waals surface area contributed by atoms with Crippen molar-refractivity contribution < 1.29 is 19.1 Å². The Morgan fingerprint density at radius 2 is 1.69 bits per heavy atom. The molecule has 5 nitrogen and oxygen atoms in total. The molecule has 0 unspecified atom stereocenters. The zero-order valence-electron chi connectivity index (χ0n) is 14.8. The summed E-state index contributed by atoms with van der Waals surface area (Å²) in [5.41, 5.74) is 0.830. The van der Waals surface area contributed by atoms with Crippen LogP contribution >= 0.6 is 0 Å². The number of hydrogen-bond donors (Lipinski definition) is 0. The van der Waals surface area contributed by atoms with Gasteiger partial charge >= 0.3 is 5.97 Å². The van der Waals surface area contributed by atoms with Gasteiger partial charge in [0.05, 0.1) is 29.2 Å². The van der Waals surface area contributed by atoms with Crippen molar-refractivity contribution >= 4 is 23.5 Å². The van der Waals surface area contributed by atoms with Crippen molar-refractivity contribution in [2.75, 3.05) is 4.90 Å². The standard InChI is InChI=1S/C21H21NO4/c1-10(2)26-21(25)11-4-3-5-12(8-11)22-19(23)17-13-6-7-14(16-9-15(13)16)18(17)20(22)24/h3-8,10,13-18H,9H2,1-2H3/t13-,14-,15-,16+,17-,18+/m0/s1. The van der Waals surface area contributed by atoms with Gasteiger partial charge in [-0.1, -0.05) is 18.2 Å². The molecule has 2 amide bonds. The van der Waals surface area contributed by atoms with Crippen LogP contribution in [-0.4, -0.2) is 23.9 Å². The van der Waals surface area contributed by atoms with E-state index in [0.29, 0.717) is 23.1 Å². The molecule has 0 spiro atoms. The number of anilines is 1. The van der Waals surface area contributed by atoms with Crippen molar-refractivity contribution in [1.29, 1.82) is 0 Å². The van der Waals surface area contributed by atoms with Gasteiger partial charge < -0.3 is 4.74 Å². The Hall–Kier alpha value is -2.43.